The lowest BCUT2D eigenvalue weighted by atomic mass is 9.97. The summed E-state index contributed by atoms with van der Waals surface area (Å²) in [5, 5.41) is 6.12. The van der Waals surface area contributed by atoms with Gasteiger partial charge < -0.3 is 15.6 Å². The van der Waals surface area contributed by atoms with Crippen molar-refractivity contribution in [2.45, 2.75) is 25.9 Å². The minimum atomic E-state index is -4.24. The van der Waals surface area contributed by atoms with Crippen molar-refractivity contribution in [3.05, 3.63) is 54.7 Å². The van der Waals surface area contributed by atoms with Crippen LogP contribution < -0.4 is 10.6 Å². The van der Waals surface area contributed by atoms with E-state index in [1.165, 1.54) is 6.33 Å². The maximum Gasteiger partial charge on any atom is 0.393 e. The fraction of sp³-hybridized carbons (Fsp3) is 0.320. The van der Waals surface area contributed by atoms with Crippen molar-refractivity contribution >= 4 is 34.3 Å². The van der Waals surface area contributed by atoms with Crippen LogP contribution in [0.1, 0.15) is 18.4 Å². The molecule has 1 fully saturated rings. The van der Waals surface area contributed by atoms with Crippen LogP contribution in [0.3, 0.4) is 0 Å². The first-order chi connectivity index (χ1) is 17.8. The number of alkyl halides is 3. The van der Waals surface area contributed by atoms with E-state index in [2.05, 4.69) is 35.6 Å². The zero-order valence-electron chi connectivity index (χ0n) is 20.0. The average molecular weight is 511 g/mol. The van der Waals surface area contributed by atoms with Gasteiger partial charge in [0.15, 0.2) is 5.65 Å². The molecule has 37 heavy (non-hydrogen) atoms. The highest BCUT2D eigenvalue weighted by atomic mass is 19.4. The van der Waals surface area contributed by atoms with Crippen LogP contribution in [0.25, 0.3) is 22.4 Å². The van der Waals surface area contributed by atoms with Crippen molar-refractivity contribution in [1.82, 2.24) is 29.8 Å². The second-order valence-electron chi connectivity index (χ2n) is 9.04. The van der Waals surface area contributed by atoms with Gasteiger partial charge in [0, 0.05) is 29.7 Å². The van der Waals surface area contributed by atoms with E-state index in [-0.39, 0.29) is 25.4 Å². The van der Waals surface area contributed by atoms with Crippen molar-refractivity contribution < 1.29 is 18.0 Å². The first kappa shape index (κ1) is 24.6. The molecule has 1 amide bonds. The van der Waals surface area contributed by atoms with Gasteiger partial charge in [-0.2, -0.15) is 13.2 Å². The number of piperidine rings is 1. The van der Waals surface area contributed by atoms with Gasteiger partial charge in [0.2, 0.25) is 5.91 Å². The van der Waals surface area contributed by atoms with Crippen LogP contribution >= 0.6 is 0 Å². The first-order valence-corrected chi connectivity index (χ1v) is 11.8. The minimum absolute atomic E-state index is 0.0962. The Morgan fingerprint density at radius 3 is 2.89 bits per heavy atom. The standard InChI is InChI=1S/C25H25F3N8O/c1-15-6-7-17(34-20(37)12-36-9-3-4-16(11-36)25(26,27)28)10-19(15)35-23-18(5-2-8-29-23)21-22-24(32-13-30-21)33-14-31-22/h2,5-8,10,13-14,16H,3-4,9,11-12H2,1H3,(H,29,35)(H,34,37)(H,30,31,32,33)/t16-/m1/s1. The number of aromatic nitrogens is 5. The zero-order chi connectivity index (χ0) is 26.0. The van der Waals surface area contributed by atoms with Crippen LogP contribution in [0.2, 0.25) is 0 Å². The molecule has 1 aliphatic rings. The van der Waals surface area contributed by atoms with E-state index >= 15 is 0 Å². The van der Waals surface area contributed by atoms with Gasteiger partial charge in [-0.1, -0.05) is 6.07 Å². The summed E-state index contributed by atoms with van der Waals surface area (Å²) in [5.41, 5.74) is 4.70. The normalized spacial score (nSPS) is 16.6. The molecule has 1 saturated heterocycles. The largest absolute Gasteiger partial charge is 0.393 e. The number of hydrogen-bond donors (Lipinski definition) is 3. The minimum Gasteiger partial charge on any atom is -0.339 e. The number of nitrogens with one attached hydrogen (secondary N) is 3. The average Bonchev–Trinajstić information content (AvgIpc) is 3.35. The highest BCUT2D eigenvalue weighted by molar-refractivity contribution is 5.94. The number of pyridine rings is 1. The molecule has 0 bridgehead atoms. The molecule has 4 heterocycles. The molecule has 0 aliphatic carbocycles. The van der Waals surface area contributed by atoms with Gasteiger partial charge >= 0.3 is 6.18 Å². The third kappa shape index (κ3) is 5.53. The van der Waals surface area contributed by atoms with Crippen LogP contribution in [0.4, 0.5) is 30.4 Å². The molecule has 1 aromatic carbocycles. The van der Waals surface area contributed by atoms with Gasteiger partial charge in [0.1, 0.15) is 23.4 Å². The number of aryl methyl sites for hydroxylation is 1. The molecular formula is C25H25F3N8O. The number of amides is 1. The number of hydrogen-bond acceptors (Lipinski definition) is 7. The number of nitrogens with zero attached hydrogens (tertiary/aromatic N) is 5. The molecular weight excluding hydrogens is 485 g/mol. The van der Waals surface area contributed by atoms with E-state index in [1.807, 2.05) is 19.1 Å². The number of anilines is 3. The Morgan fingerprint density at radius 2 is 2.05 bits per heavy atom. The van der Waals surface area contributed by atoms with Crippen LogP contribution in [0.5, 0.6) is 0 Å². The molecule has 0 radical (unpaired) electrons. The van der Waals surface area contributed by atoms with Gasteiger partial charge in [-0.05, 0) is 56.1 Å². The molecule has 1 atom stereocenters. The molecule has 1 aliphatic heterocycles. The quantitative estimate of drug-likeness (QED) is 0.345. The predicted molar refractivity (Wildman–Crippen MR) is 133 cm³/mol. The smallest absolute Gasteiger partial charge is 0.339 e. The van der Waals surface area contributed by atoms with Crippen LogP contribution in [0, 0.1) is 12.8 Å². The van der Waals surface area contributed by atoms with Crippen molar-refractivity contribution in [3.63, 3.8) is 0 Å². The maximum absolute atomic E-state index is 13.1. The summed E-state index contributed by atoms with van der Waals surface area (Å²) in [4.78, 5) is 34.6. The Morgan fingerprint density at radius 1 is 1.19 bits per heavy atom. The molecule has 192 valence electrons. The van der Waals surface area contributed by atoms with Crippen LogP contribution in [0.15, 0.2) is 49.2 Å². The molecule has 3 N–H and O–H groups in total. The first-order valence-electron chi connectivity index (χ1n) is 11.8. The summed E-state index contributed by atoms with van der Waals surface area (Å²) in [6.45, 7) is 2.13. The summed E-state index contributed by atoms with van der Waals surface area (Å²) in [7, 11) is 0. The third-order valence-electron chi connectivity index (χ3n) is 6.39. The molecule has 0 unspecified atom stereocenters. The van der Waals surface area contributed by atoms with Gasteiger partial charge in [-0.3, -0.25) is 9.69 Å². The number of likely N-dealkylation sites (tertiary alicyclic amines) is 1. The number of H-pyrrole nitrogens is 1. The molecule has 0 spiro atoms. The lowest BCUT2D eigenvalue weighted by Gasteiger charge is -2.33. The number of aromatic amines is 1. The summed E-state index contributed by atoms with van der Waals surface area (Å²) < 4.78 is 39.3. The van der Waals surface area contributed by atoms with Crippen LogP contribution in [-0.4, -0.2) is 61.5 Å². The Hall–Kier alpha value is -4.06. The summed E-state index contributed by atoms with van der Waals surface area (Å²) in [5.74, 6) is -1.21. The molecule has 12 heteroatoms. The topological polar surface area (TPSA) is 112 Å². The highest BCUT2D eigenvalue weighted by Gasteiger charge is 2.41. The molecule has 3 aromatic heterocycles. The van der Waals surface area contributed by atoms with Crippen LogP contribution in [-0.2, 0) is 4.79 Å². The fourth-order valence-corrected chi connectivity index (χ4v) is 4.49. The second-order valence-corrected chi connectivity index (χ2v) is 9.04. The van der Waals surface area contributed by atoms with Gasteiger partial charge in [-0.25, -0.2) is 19.9 Å². The zero-order valence-corrected chi connectivity index (χ0v) is 20.0. The summed E-state index contributed by atoms with van der Waals surface area (Å²) in [6, 6.07) is 9.04. The Labute approximate surface area is 210 Å². The lowest BCUT2D eigenvalue weighted by molar-refractivity contribution is -0.186. The highest BCUT2D eigenvalue weighted by Crippen LogP contribution is 2.34. The van der Waals surface area contributed by atoms with Crippen molar-refractivity contribution in [2.24, 2.45) is 5.92 Å². The predicted octanol–water partition coefficient (Wildman–Crippen LogP) is 4.68. The van der Waals surface area contributed by atoms with Crippen molar-refractivity contribution in [2.75, 3.05) is 30.3 Å². The summed E-state index contributed by atoms with van der Waals surface area (Å²) >= 11 is 0. The molecule has 9 nitrogen and oxygen atoms in total. The van der Waals surface area contributed by atoms with Gasteiger partial charge in [0.05, 0.1) is 18.8 Å². The number of rotatable bonds is 6. The van der Waals surface area contributed by atoms with Gasteiger partial charge in [-0.15, -0.1) is 0 Å². The van der Waals surface area contributed by atoms with Crippen molar-refractivity contribution in [3.8, 4) is 11.3 Å². The Balaban J connectivity index is 1.32. The number of fused-ring (bicyclic) bond motifs is 1. The van der Waals surface area contributed by atoms with E-state index in [1.54, 1.807) is 35.6 Å². The lowest BCUT2D eigenvalue weighted by Crippen LogP contribution is -2.44. The third-order valence-corrected chi connectivity index (χ3v) is 6.39. The number of carbonyl (C=O) groups excluding carboxylic acids is 1. The SMILES string of the molecule is Cc1ccc(NC(=O)CN2CCC[C@@H](C(F)(F)F)C2)cc1Nc1ncccc1-c1ncnc2[nH]cnc12. The summed E-state index contributed by atoms with van der Waals surface area (Å²) in [6.07, 6.45) is 0.932. The van der Waals surface area contributed by atoms with E-state index < -0.39 is 12.1 Å². The monoisotopic (exact) mass is 510 g/mol. The van der Waals surface area contributed by atoms with E-state index in [9.17, 15) is 18.0 Å². The molecule has 4 aromatic rings. The molecule has 5 rings (SSSR count). The van der Waals surface area contributed by atoms with Gasteiger partial charge in [0.25, 0.3) is 0 Å². The van der Waals surface area contributed by atoms with Crippen molar-refractivity contribution in [1.29, 1.82) is 0 Å². The van der Waals surface area contributed by atoms with E-state index in [0.717, 1.165) is 11.1 Å². The number of halogens is 3. The Bertz CT molecular complexity index is 1420. The van der Waals surface area contributed by atoms with E-state index in [0.29, 0.717) is 47.0 Å². The fourth-order valence-electron chi connectivity index (χ4n) is 4.49. The number of imidazole rings is 1. The number of benzene rings is 1. The molecule has 0 saturated carbocycles. The van der Waals surface area contributed by atoms with E-state index in [4.69, 9.17) is 0 Å². The number of carbonyl (C=O) groups is 1. The maximum atomic E-state index is 13.1. The second kappa shape index (κ2) is 10.1. The Kier molecular flexibility index (Phi) is 6.74.